The van der Waals surface area contributed by atoms with Crippen molar-refractivity contribution in [2.75, 3.05) is 11.9 Å². The SMILES string of the molecule is C[C@](N)(CO)C(=O)Nc1ccc(-c2csc(-c3ccc(Br)cc3)n2)c(C(F)(F)F)c1. The minimum Gasteiger partial charge on any atom is -0.394 e. The Morgan fingerprint density at radius 2 is 1.90 bits per heavy atom. The molecule has 0 unspecified atom stereocenters. The highest BCUT2D eigenvalue weighted by Crippen LogP contribution is 2.40. The molecule has 0 radical (unpaired) electrons. The van der Waals surface area contributed by atoms with Crippen LogP contribution in [0, 0.1) is 0 Å². The van der Waals surface area contributed by atoms with E-state index in [0.717, 1.165) is 16.1 Å². The van der Waals surface area contributed by atoms with Crippen LogP contribution in [0.25, 0.3) is 21.8 Å². The van der Waals surface area contributed by atoms with Crippen molar-refractivity contribution in [1.82, 2.24) is 4.98 Å². The second kappa shape index (κ2) is 8.46. The fraction of sp³-hybridized carbons (Fsp3) is 0.200. The van der Waals surface area contributed by atoms with Crippen LogP contribution in [-0.2, 0) is 11.0 Å². The molecule has 3 aromatic rings. The van der Waals surface area contributed by atoms with Gasteiger partial charge < -0.3 is 16.2 Å². The zero-order valence-corrected chi connectivity index (χ0v) is 18.0. The topological polar surface area (TPSA) is 88.2 Å². The van der Waals surface area contributed by atoms with Gasteiger partial charge in [-0.1, -0.05) is 34.1 Å². The standard InChI is InChI=1S/C20H17BrF3N3O2S/c1-19(25,10-28)18(29)26-13-6-7-14(15(8-13)20(22,23)24)16-9-30-17(27-16)11-2-4-12(21)5-3-11/h2-9,28H,10,25H2,1H3,(H,26,29)/t19-/m0/s1. The number of nitrogens with two attached hydrogens (primary N) is 1. The lowest BCUT2D eigenvalue weighted by Crippen LogP contribution is -2.51. The summed E-state index contributed by atoms with van der Waals surface area (Å²) in [5.74, 6) is -0.794. The summed E-state index contributed by atoms with van der Waals surface area (Å²) in [6.45, 7) is 0.626. The molecule has 0 fully saturated rings. The van der Waals surface area contributed by atoms with Gasteiger partial charge in [0.2, 0.25) is 5.91 Å². The van der Waals surface area contributed by atoms with Crippen molar-refractivity contribution >= 4 is 38.9 Å². The number of benzene rings is 2. The maximum atomic E-state index is 13.7. The van der Waals surface area contributed by atoms with E-state index in [-0.39, 0.29) is 16.9 Å². The van der Waals surface area contributed by atoms with Crippen LogP contribution in [0.2, 0.25) is 0 Å². The summed E-state index contributed by atoms with van der Waals surface area (Å²) in [7, 11) is 0. The average molecular weight is 500 g/mol. The number of hydrogen-bond donors (Lipinski definition) is 3. The molecule has 3 rings (SSSR count). The number of aliphatic hydroxyl groups excluding tert-OH is 1. The number of hydrogen-bond acceptors (Lipinski definition) is 5. The average Bonchev–Trinajstić information content (AvgIpc) is 3.17. The minimum atomic E-state index is -4.67. The number of aromatic nitrogens is 1. The molecule has 0 spiro atoms. The molecule has 5 nitrogen and oxygen atoms in total. The quantitative estimate of drug-likeness (QED) is 0.465. The number of halogens is 4. The number of thiazole rings is 1. The Labute approximate surface area is 182 Å². The predicted molar refractivity (Wildman–Crippen MR) is 114 cm³/mol. The van der Waals surface area contributed by atoms with Gasteiger partial charge in [-0.3, -0.25) is 4.79 Å². The van der Waals surface area contributed by atoms with Crippen LogP contribution in [0.15, 0.2) is 52.3 Å². The zero-order valence-electron chi connectivity index (χ0n) is 15.6. The molecule has 0 bridgehead atoms. The summed E-state index contributed by atoms with van der Waals surface area (Å²) < 4.78 is 42.0. The van der Waals surface area contributed by atoms with E-state index in [4.69, 9.17) is 10.8 Å². The van der Waals surface area contributed by atoms with Crippen molar-refractivity contribution in [3.63, 3.8) is 0 Å². The lowest BCUT2D eigenvalue weighted by atomic mass is 10.0. The molecule has 1 heterocycles. The van der Waals surface area contributed by atoms with Gasteiger partial charge in [0.05, 0.1) is 17.9 Å². The van der Waals surface area contributed by atoms with Crippen LogP contribution in [0.4, 0.5) is 18.9 Å². The van der Waals surface area contributed by atoms with Gasteiger partial charge >= 0.3 is 6.18 Å². The summed E-state index contributed by atoms with van der Waals surface area (Å²) in [5.41, 5.74) is 3.86. The number of anilines is 1. The van der Waals surface area contributed by atoms with Crippen LogP contribution in [0.5, 0.6) is 0 Å². The van der Waals surface area contributed by atoms with E-state index in [2.05, 4.69) is 26.2 Å². The van der Waals surface area contributed by atoms with Crippen molar-refractivity contribution < 1.29 is 23.1 Å². The van der Waals surface area contributed by atoms with E-state index < -0.39 is 29.8 Å². The van der Waals surface area contributed by atoms with Crippen LogP contribution in [0.3, 0.4) is 0 Å². The Balaban J connectivity index is 1.97. The highest BCUT2D eigenvalue weighted by Gasteiger charge is 2.35. The smallest absolute Gasteiger partial charge is 0.394 e. The first-order valence-electron chi connectivity index (χ1n) is 8.65. The normalized spacial score (nSPS) is 13.7. The number of nitrogens with zero attached hydrogens (tertiary/aromatic N) is 1. The molecule has 1 atom stereocenters. The summed E-state index contributed by atoms with van der Waals surface area (Å²) in [5, 5.41) is 13.6. The molecule has 30 heavy (non-hydrogen) atoms. The van der Waals surface area contributed by atoms with Crippen molar-refractivity contribution in [3.8, 4) is 21.8 Å². The fourth-order valence-electron chi connectivity index (χ4n) is 2.55. The largest absolute Gasteiger partial charge is 0.417 e. The number of alkyl halides is 3. The third kappa shape index (κ3) is 4.89. The van der Waals surface area contributed by atoms with Crippen molar-refractivity contribution in [2.24, 2.45) is 5.73 Å². The lowest BCUT2D eigenvalue weighted by molar-refractivity contribution is -0.137. The van der Waals surface area contributed by atoms with Crippen LogP contribution in [-0.4, -0.2) is 28.1 Å². The first kappa shape index (κ1) is 22.4. The summed E-state index contributed by atoms with van der Waals surface area (Å²) >= 11 is 4.57. The van der Waals surface area contributed by atoms with Crippen LogP contribution < -0.4 is 11.1 Å². The van der Waals surface area contributed by atoms with Crippen molar-refractivity contribution in [3.05, 3.63) is 57.9 Å². The van der Waals surface area contributed by atoms with E-state index in [9.17, 15) is 18.0 Å². The Bertz CT molecular complexity index is 1070. The van der Waals surface area contributed by atoms with Gasteiger partial charge in [-0.25, -0.2) is 4.98 Å². The Kier molecular flexibility index (Phi) is 6.32. The number of aliphatic hydroxyl groups is 1. The molecule has 0 aliphatic heterocycles. The first-order chi connectivity index (χ1) is 14.0. The Hall–Kier alpha value is -2.27. The molecule has 0 aliphatic rings. The number of carbonyl (C=O) groups is 1. The third-order valence-electron chi connectivity index (χ3n) is 4.30. The van der Waals surface area contributed by atoms with Gasteiger partial charge in [0.1, 0.15) is 10.5 Å². The number of rotatable bonds is 5. The van der Waals surface area contributed by atoms with E-state index in [1.165, 1.54) is 30.4 Å². The van der Waals surface area contributed by atoms with Crippen LogP contribution >= 0.6 is 27.3 Å². The van der Waals surface area contributed by atoms with Gasteiger partial charge in [-0.2, -0.15) is 13.2 Å². The van der Waals surface area contributed by atoms with Crippen LogP contribution in [0.1, 0.15) is 12.5 Å². The molecule has 1 amide bonds. The molecule has 0 aliphatic carbocycles. The van der Waals surface area contributed by atoms with Gasteiger partial charge in [0, 0.05) is 26.7 Å². The first-order valence-corrected chi connectivity index (χ1v) is 10.3. The molecule has 4 N–H and O–H groups in total. The second-order valence-corrected chi connectivity index (χ2v) is 8.61. The Morgan fingerprint density at radius 1 is 1.23 bits per heavy atom. The lowest BCUT2D eigenvalue weighted by Gasteiger charge is -2.21. The summed E-state index contributed by atoms with van der Waals surface area (Å²) in [4.78, 5) is 16.4. The maximum absolute atomic E-state index is 13.7. The monoisotopic (exact) mass is 499 g/mol. The van der Waals surface area contributed by atoms with Gasteiger partial charge in [0.25, 0.3) is 0 Å². The summed E-state index contributed by atoms with van der Waals surface area (Å²) in [6.07, 6.45) is -4.67. The van der Waals surface area contributed by atoms with E-state index in [0.29, 0.717) is 5.01 Å². The van der Waals surface area contributed by atoms with Crippen molar-refractivity contribution in [1.29, 1.82) is 0 Å². The Morgan fingerprint density at radius 3 is 2.50 bits per heavy atom. The van der Waals surface area contributed by atoms with E-state index in [1.54, 1.807) is 5.38 Å². The number of nitrogens with one attached hydrogen (secondary N) is 1. The molecule has 0 saturated carbocycles. The second-order valence-electron chi connectivity index (χ2n) is 6.83. The summed E-state index contributed by atoms with van der Waals surface area (Å²) in [6, 6.07) is 10.7. The maximum Gasteiger partial charge on any atom is 0.417 e. The fourth-order valence-corrected chi connectivity index (χ4v) is 3.64. The number of amides is 1. The van der Waals surface area contributed by atoms with Gasteiger partial charge in [-0.15, -0.1) is 11.3 Å². The van der Waals surface area contributed by atoms with Crippen molar-refractivity contribution in [2.45, 2.75) is 18.6 Å². The van der Waals surface area contributed by atoms with Gasteiger partial charge in [0.15, 0.2) is 0 Å². The van der Waals surface area contributed by atoms with E-state index in [1.807, 2.05) is 24.3 Å². The molecule has 0 saturated heterocycles. The highest BCUT2D eigenvalue weighted by molar-refractivity contribution is 9.10. The predicted octanol–water partition coefficient (Wildman–Crippen LogP) is 4.91. The van der Waals surface area contributed by atoms with Gasteiger partial charge in [-0.05, 0) is 31.2 Å². The zero-order chi connectivity index (χ0) is 22.1. The molecule has 2 aromatic carbocycles. The highest BCUT2D eigenvalue weighted by atomic mass is 79.9. The molecule has 1 aromatic heterocycles. The molecular formula is C20H17BrF3N3O2S. The molecule has 10 heteroatoms. The third-order valence-corrected chi connectivity index (χ3v) is 5.72. The van der Waals surface area contributed by atoms with E-state index >= 15 is 0 Å². The molecular weight excluding hydrogens is 483 g/mol. The minimum absolute atomic E-state index is 0.0791. The number of carbonyl (C=O) groups excluding carboxylic acids is 1. The molecule has 158 valence electrons.